The van der Waals surface area contributed by atoms with Crippen molar-refractivity contribution >= 4 is 5.97 Å². The van der Waals surface area contributed by atoms with Crippen molar-refractivity contribution in [3.8, 4) is 11.5 Å². The number of hydrogen-bond acceptors (Lipinski definition) is 4. The van der Waals surface area contributed by atoms with Crippen LogP contribution in [0.1, 0.15) is 47.4 Å². The summed E-state index contributed by atoms with van der Waals surface area (Å²) >= 11 is 0. The van der Waals surface area contributed by atoms with E-state index < -0.39 is 11.9 Å². The van der Waals surface area contributed by atoms with Gasteiger partial charge in [-0.1, -0.05) is 47.5 Å². The van der Waals surface area contributed by atoms with Gasteiger partial charge in [-0.25, -0.2) is 4.98 Å². The maximum atomic E-state index is 12.2. The third-order valence-electron chi connectivity index (χ3n) is 6.42. The molecule has 5 heteroatoms. The molecule has 0 aliphatic heterocycles. The maximum Gasteiger partial charge on any atom is 0.307 e. The largest absolute Gasteiger partial charge is 0.481 e. The van der Waals surface area contributed by atoms with E-state index in [4.69, 9.17) is 9.15 Å². The van der Waals surface area contributed by atoms with Gasteiger partial charge in [0.1, 0.15) is 5.76 Å². The molecule has 1 aliphatic rings. The molecule has 1 N–H and O–H groups in total. The Hall–Kier alpha value is -3.18. The number of nitrogens with zero attached hydrogens (tertiary/aromatic N) is 1. The molecule has 0 radical (unpaired) electrons. The van der Waals surface area contributed by atoms with Crippen LogP contribution in [0.15, 0.2) is 65.1 Å². The molecule has 0 fully saturated rings. The molecule has 2 aromatic carbocycles. The highest BCUT2D eigenvalue weighted by Gasteiger charge is 2.41. The number of benzene rings is 2. The Bertz CT molecular complexity index is 1140. The van der Waals surface area contributed by atoms with E-state index in [0.717, 1.165) is 28.2 Å². The number of carboxylic acids is 1. The number of carbonyl (C=O) groups is 1. The zero-order chi connectivity index (χ0) is 23.5. The monoisotopic (exact) mass is 445 g/mol. The molecular weight excluding hydrogens is 414 g/mol. The maximum absolute atomic E-state index is 12.2. The van der Waals surface area contributed by atoms with Crippen molar-refractivity contribution in [2.45, 2.75) is 52.1 Å². The second-order valence-electron chi connectivity index (χ2n) is 9.08. The van der Waals surface area contributed by atoms with E-state index in [1.54, 1.807) is 0 Å². The Morgan fingerprint density at radius 3 is 2.64 bits per heavy atom. The molecule has 2 unspecified atom stereocenters. The standard InChI is InChI=1S/C28H31NO4/c1-17(2)15-23(28(30)31)26-22-8-6-5-7-21(22)16-25(26)32-14-13-24-19(4)33-27(29-24)20-11-9-18(3)10-12-20/h5-12,23,25-26H,1,13-16H2,2-4H3,(H,30,31)/t23?,25-,26?/m0/s1. The minimum absolute atomic E-state index is 0.188. The van der Waals surface area contributed by atoms with Crippen molar-refractivity contribution in [3.63, 3.8) is 0 Å². The molecule has 0 saturated carbocycles. The van der Waals surface area contributed by atoms with E-state index in [0.29, 0.717) is 31.8 Å². The number of oxazole rings is 1. The summed E-state index contributed by atoms with van der Waals surface area (Å²) in [5.74, 6) is -0.162. The highest BCUT2D eigenvalue weighted by molar-refractivity contribution is 5.72. The van der Waals surface area contributed by atoms with Gasteiger partial charge in [-0.3, -0.25) is 4.79 Å². The van der Waals surface area contributed by atoms with E-state index in [9.17, 15) is 9.90 Å². The van der Waals surface area contributed by atoms with Gasteiger partial charge in [-0.05, 0) is 56.9 Å². The zero-order valence-corrected chi connectivity index (χ0v) is 19.5. The average molecular weight is 446 g/mol. The number of allylic oxidation sites excluding steroid dienone is 1. The third-order valence-corrected chi connectivity index (χ3v) is 6.42. The number of fused-ring (bicyclic) bond motifs is 1. The van der Waals surface area contributed by atoms with Crippen molar-refractivity contribution in [3.05, 3.63) is 88.8 Å². The van der Waals surface area contributed by atoms with E-state index in [1.165, 1.54) is 11.1 Å². The van der Waals surface area contributed by atoms with Gasteiger partial charge in [-0.2, -0.15) is 0 Å². The summed E-state index contributed by atoms with van der Waals surface area (Å²) < 4.78 is 12.2. The number of aryl methyl sites for hydroxylation is 2. The highest BCUT2D eigenvalue weighted by Crippen LogP contribution is 2.42. The molecule has 5 nitrogen and oxygen atoms in total. The lowest BCUT2D eigenvalue weighted by Crippen LogP contribution is -2.31. The van der Waals surface area contributed by atoms with E-state index in [-0.39, 0.29) is 12.0 Å². The van der Waals surface area contributed by atoms with Crippen LogP contribution in [-0.2, 0) is 22.4 Å². The topological polar surface area (TPSA) is 72.6 Å². The third kappa shape index (κ3) is 5.09. The molecule has 0 bridgehead atoms. The minimum atomic E-state index is -0.802. The van der Waals surface area contributed by atoms with Crippen molar-refractivity contribution in [1.82, 2.24) is 4.98 Å². The van der Waals surface area contributed by atoms with E-state index >= 15 is 0 Å². The Balaban J connectivity index is 1.48. The average Bonchev–Trinajstić information content (AvgIpc) is 3.32. The lowest BCUT2D eigenvalue weighted by Gasteiger charge is -2.27. The summed E-state index contributed by atoms with van der Waals surface area (Å²) in [6, 6.07) is 16.2. The van der Waals surface area contributed by atoms with Gasteiger partial charge in [0.25, 0.3) is 0 Å². The summed E-state index contributed by atoms with van der Waals surface area (Å²) in [5.41, 5.74) is 6.12. The first kappa shape index (κ1) is 23.0. The molecule has 0 amide bonds. The van der Waals surface area contributed by atoms with Crippen LogP contribution in [0.3, 0.4) is 0 Å². The van der Waals surface area contributed by atoms with Crippen molar-refractivity contribution in [1.29, 1.82) is 0 Å². The van der Waals surface area contributed by atoms with Crippen LogP contribution in [0.2, 0.25) is 0 Å². The molecule has 1 aliphatic carbocycles. The van der Waals surface area contributed by atoms with Gasteiger partial charge in [0, 0.05) is 17.9 Å². The normalized spacial score (nSPS) is 18.2. The summed E-state index contributed by atoms with van der Waals surface area (Å²) in [5, 5.41) is 9.97. The first-order chi connectivity index (χ1) is 15.8. The predicted molar refractivity (Wildman–Crippen MR) is 128 cm³/mol. The van der Waals surface area contributed by atoms with E-state index in [1.807, 2.05) is 63.2 Å². The molecule has 0 spiro atoms. The van der Waals surface area contributed by atoms with Gasteiger partial charge in [0.05, 0.1) is 24.3 Å². The lowest BCUT2D eigenvalue weighted by atomic mass is 9.82. The first-order valence-corrected chi connectivity index (χ1v) is 11.4. The summed E-state index contributed by atoms with van der Waals surface area (Å²) in [6.45, 7) is 10.3. The summed E-state index contributed by atoms with van der Waals surface area (Å²) in [6.07, 6.45) is 1.58. The molecule has 33 heavy (non-hydrogen) atoms. The van der Waals surface area contributed by atoms with Crippen LogP contribution in [0.4, 0.5) is 0 Å². The lowest BCUT2D eigenvalue weighted by molar-refractivity contribution is -0.144. The highest BCUT2D eigenvalue weighted by atomic mass is 16.5. The van der Waals surface area contributed by atoms with Crippen LogP contribution in [0.5, 0.6) is 0 Å². The van der Waals surface area contributed by atoms with Gasteiger partial charge in [-0.15, -0.1) is 6.58 Å². The quantitative estimate of drug-likeness (QED) is 0.416. The number of ether oxygens (including phenoxy) is 1. The second kappa shape index (κ2) is 9.75. The SMILES string of the molecule is C=C(C)CC(C(=O)O)C1c2ccccc2C[C@@H]1OCCc1nc(-c2ccc(C)cc2)oc1C. The van der Waals surface area contributed by atoms with Gasteiger partial charge < -0.3 is 14.3 Å². The van der Waals surface area contributed by atoms with Crippen LogP contribution in [-0.4, -0.2) is 28.8 Å². The van der Waals surface area contributed by atoms with Crippen LogP contribution < -0.4 is 0 Å². The Labute approximate surface area is 195 Å². The van der Waals surface area contributed by atoms with Gasteiger partial charge in [0.15, 0.2) is 0 Å². The Morgan fingerprint density at radius 2 is 1.94 bits per heavy atom. The molecule has 4 rings (SSSR count). The van der Waals surface area contributed by atoms with Crippen molar-refractivity contribution < 1.29 is 19.1 Å². The fraction of sp³-hybridized carbons (Fsp3) is 0.357. The number of rotatable bonds is 9. The van der Waals surface area contributed by atoms with E-state index in [2.05, 4.69) is 17.6 Å². The van der Waals surface area contributed by atoms with Crippen molar-refractivity contribution in [2.75, 3.05) is 6.61 Å². The van der Waals surface area contributed by atoms with Gasteiger partial charge >= 0.3 is 5.97 Å². The van der Waals surface area contributed by atoms with Crippen LogP contribution >= 0.6 is 0 Å². The van der Waals surface area contributed by atoms with Gasteiger partial charge in [0.2, 0.25) is 5.89 Å². The fourth-order valence-corrected chi connectivity index (χ4v) is 4.76. The molecule has 1 heterocycles. The fourth-order valence-electron chi connectivity index (χ4n) is 4.76. The molecule has 172 valence electrons. The number of carboxylic acid groups (broad SMARTS) is 1. The summed E-state index contributed by atoms with van der Waals surface area (Å²) in [7, 11) is 0. The number of aromatic nitrogens is 1. The molecular formula is C28H31NO4. The number of hydrogen-bond donors (Lipinski definition) is 1. The van der Waals surface area contributed by atoms with Crippen LogP contribution in [0.25, 0.3) is 11.5 Å². The summed E-state index contributed by atoms with van der Waals surface area (Å²) in [4.78, 5) is 16.8. The zero-order valence-electron chi connectivity index (χ0n) is 19.5. The Morgan fingerprint density at radius 1 is 1.21 bits per heavy atom. The smallest absolute Gasteiger partial charge is 0.307 e. The molecule has 3 aromatic rings. The first-order valence-electron chi connectivity index (χ1n) is 11.4. The Kier molecular flexibility index (Phi) is 6.80. The molecule has 3 atom stereocenters. The number of aliphatic carboxylic acids is 1. The molecule has 1 aromatic heterocycles. The second-order valence-corrected chi connectivity index (χ2v) is 9.08. The van der Waals surface area contributed by atoms with Crippen LogP contribution in [0, 0.1) is 19.8 Å². The molecule has 0 saturated heterocycles. The van der Waals surface area contributed by atoms with Crippen molar-refractivity contribution in [2.24, 2.45) is 5.92 Å². The predicted octanol–water partition coefficient (Wildman–Crippen LogP) is 5.89. The minimum Gasteiger partial charge on any atom is -0.481 e.